The first-order valence-corrected chi connectivity index (χ1v) is 9.61. The smallest absolute Gasteiger partial charge is 0.339 e. The molecule has 6 nitrogen and oxygen atoms in total. The maximum atomic E-state index is 12.6. The Labute approximate surface area is 171 Å². The monoisotopic (exact) mass is 396 g/mol. The highest BCUT2D eigenvalue weighted by Gasteiger charge is 2.23. The van der Waals surface area contributed by atoms with E-state index in [0.29, 0.717) is 12.0 Å². The number of ether oxygens (including phenoxy) is 1. The van der Waals surface area contributed by atoms with Crippen molar-refractivity contribution in [1.29, 1.82) is 0 Å². The van der Waals surface area contributed by atoms with Gasteiger partial charge in [0.1, 0.15) is 0 Å². The molecule has 0 saturated heterocycles. The molecule has 0 heterocycles. The third-order valence-electron chi connectivity index (χ3n) is 4.14. The molecule has 0 spiro atoms. The number of esters is 1. The molecule has 2 N–H and O–H groups in total. The number of carbonyl (C=O) groups excluding carboxylic acids is 3. The number of imide groups is 1. The number of hydrogen-bond acceptors (Lipinski definition) is 4. The van der Waals surface area contributed by atoms with E-state index in [1.165, 1.54) is 12.5 Å². The zero-order valence-electron chi connectivity index (χ0n) is 17.3. The molecular formula is C23H28N2O4. The quantitative estimate of drug-likeness (QED) is 0.730. The molecule has 0 aliphatic heterocycles. The Hall–Kier alpha value is -3.15. The van der Waals surface area contributed by atoms with Gasteiger partial charge >= 0.3 is 12.0 Å². The predicted molar refractivity (Wildman–Crippen MR) is 112 cm³/mol. The number of urea groups is 1. The van der Waals surface area contributed by atoms with E-state index in [2.05, 4.69) is 10.6 Å². The van der Waals surface area contributed by atoms with Crippen LogP contribution in [0.15, 0.2) is 54.6 Å². The highest BCUT2D eigenvalue weighted by Crippen LogP contribution is 2.15. The Morgan fingerprint density at radius 2 is 1.55 bits per heavy atom. The van der Waals surface area contributed by atoms with E-state index in [1.807, 2.05) is 42.5 Å². The topological polar surface area (TPSA) is 84.5 Å². The molecule has 0 radical (unpaired) electrons. The van der Waals surface area contributed by atoms with Crippen molar-refractivity contribution < 1.29 is 19.1 Å². The first kappa shape index (κ1) is 22.1. The molecule has 0 fully saturated rings. The van der Waals surface area contributed by atoms with Crippen LogP contribution in [0.25, 0.3) is 0 Å². The molecule has 1 atom stereocenters. The maximum absolute atomic E-state index is 12.6. The molecule has 0 aliphatic carbocycles. The zero-order chi connectivity index (χ0) is 21.4. The zero-order valence-corrected chi connectivity index (χ0v) is 17.3. The van der Waals surface area contributed by atoms with Crippen molar-refractivity contribution in [1.82, 2.24) is 10.6 Å². The molecule has 2 aromatic carbocycles. The van der Waals surface area contributed by atoms with E-state index in [9.17, 15) is 14.4 Å². The Bertz CT molecular complexity index is 857. The first-order chi connectivity index (χ1) is 13.7. The summed E-state index contributed by atoms with van der Waals surface area (Å²) in [5, 5.41) is 4.81. The van der Waals surface area contributed by atoms with Gasteiger partial charge in [0, 0.05) is 5.54 Å². The number of aryl methyl sites for hydroxylation is 2. The van der Waals surface area contributed by atoms with Gasteiger partial charge < -0.3 is 10.1 Å². The summed E-state index contributed by atoms with van der Waals surface area (Å²) in [6.45, 7) is 6.83. The van der Waals surface area contributed by atoms with Gasteiger partial charge in [0.2, 0.25) is 0 Å². The fourth-order valence-electron chi connectivity index (χ4n) is 2.72. The van der Waals surface area contributed by atoms with Crippen LogP contribution in [0.5, 0.6) is 0 Å². The second-order valence-corrected chi connectivity index (χ2v) is 7.88. The Balaban J connectivity index is 1.97. The Morgan fingerprint density at radius 1 is 0.931 bits per heavy atom. The number of rotatable bonds is 6. The molecule has 29 heavy (non-hydrogen) atoms. The van der Waals surface area contributed by atoms with E-state index in [1.54, 1.807) is 32.9 Å². The standard InChI is InChI=1S/C23H28N2O4/c1-16(20(26)24-22(28)25-23(2,3)4)29-21(27)19-13-9-8-12-18(19)15-14-17-10-6-5-7-11-17/h5-13,16H,14-15H2,1-4H3,(H2,24,25,26,28). The van der Waals surface area contributed by atoms with E-state index < -0.39 is 29.6 Å². The second kappa shape index (κ2) is 9.87. The van der Waals surface area contributed by atoms with Crippen molar-refractivity contribution in [2.24, 2.45) is 0 Å². The summed E-state index contributed by atoms with van der Waals surface area (Å²) in [7, 11) is 0. The molecule has 0 bridgehead atoms. The largest absolute Gasteiger partial charge is 0.449 e. The summed E-state index contributed by atoms with van der Waals surface area (Å²) >= 11 is 0. The number of carbonyl (C=O) groups is 3. The summed E-state index contributed by atoms with van der Waals surface area (Å²) in [5.41, 5.74) is 1.96. The minimum atomic E-state index is -1.10. The van der Waals surface area contributed by atoms with Crippen LogP contribution < -0.4 is 10.6 Å². The van der Waals surface area contributed by atoms with E-state index >= 15 is 0 Å². The van der Waals surface area contributed by atoms with Crippen molar-refractivity contribution in [3.63, 3.8) is 0 Å². The Morgan fingerprint density at radius 3 is 2.21 bits per heavy atom. The number of hydrogen-bond donors (Lipinski definition) is 2. The lowest BCUT2D eigenvalue weighted by Gasteiger charge is -2.21. The highest BCUT2D eigenvalue weighted by molar-refractivity contribution is 5.99. The molecule has 0 saturated carbocycles. The van der Waals surface area contributed by atoms with Crippen LogP contribution in [0.1, 0.15) is 49.2 Å². The minimum Gasteiger partial charge on any atom is -0.449 e. The van der Waals surface area contributed by atoms with Crippen molar-refractivity contribution in [2.45, 2.75) is 52.2 Å². The van der Waals surface area contributed by atoms with Gasteiger partial charge in [0.05, 0.1) is 5.56 Å². The summed E-state index contributed by atoms with van der Waals surface area (Å²) in [4.78, 5) is 36.6. The molecule has 0 aliphatic rings. The lowest BCUT2D eigenvalue weighted by Crippen LogP contribution is -2.50. The van der Waals surface area contributed by atoms with Crippen LogP contribution in [-0.4, -0.2) is 29.6 Å². The van der Waals surface area contributed by atoms with Crippen molar-refractivity contribution >= 4 is 17.9 Å². The van der Waals surface area contributed by atoms with Crippen LogP contribution >= 0.6 is 0 Å². The average Bonchev–Trinajstić information content (AvgIpc) is 2.65. The molecular weight excluding hydrogens is 368 g/mol. The van der Waals surface area contributed by atoms with Crippen LogP contribution in [0.2, 0.25) is 0 Å². The van der Waals surface area contributed by atoms with E-state index in [0.717, 1.165) is 12.0 Å². The van der Waals surface area contributed by atoms with Gasteiger partial charge in [-0.25, -0.2) is 9.59 Å². The summed E-state index contributed by atoms with van der Waals surface area (Å²) in [6.07, 6.45) is 0.355. The average molecular weight is 396 g/mol. The lowest BCUT2D eigenvalue weighted by atomic mass is 10.00. The van der Waals surface area contributed by atoms with Gasteiger partial charge in [-0.2, -0.15) is 0 Å². The first-order valence-electron chi connectivity index (χ1n) is 9.61. The minimum absolute atomic E-state index is 0.419. The van der Waals surface area contributed by atoms with Crippen LogP contribution in [0.4, 0.5) is 4.79 Å². The number of benzene rings is 2. The van der Waals surface area contributed by atoms with Gasteiger partial charge in [-0.15, -0.1) is 0 Å². The SMILES string of the molecule is CC(OC(=O)c1ccccc1CCc1ccccc1)C(=O)NC(=O)NC(C)(C)C. The highest BCUT2D eigenvalue weighted by atomic mass is 16.5. The van der Waals surface area contributed by atoms with E-state index in [4.69, 9.17) is 4.74 Å². The van der Waals surface area contributed by atoms with Crippen LogP contribution in [-0.2, 0) is 22.4 Å². The van der Waals surface area contributed by atoms with Crippen molar-refractivity contribution in [3.05, 3.63) is 71.3 Å². The normalized spacial score (nSPS) is 12.0. The summed E-state index contributed by atoms with van der Waals surface area (Å²) < 4.78 is 5.29. The van der Waals surface area contributed by atoms with Gasteiger partial charge in [-0.05, 0) is 57.7 Å². The molecule has 0 aromatic heterocycles. The predicted octanol–water partition coefficient (Wildman–Crippen LogP) is 3.64. The third-order valence-corrected chi connectivity index (χ3v) is 4.14. The van der Waals surface area contributed by atoms with Gasteiger partial charge in [0.25, 0.3) is 5.91 Å². The second-order valence-electron chi connectivity index (χ2n) is 7.88. The Kier molecular flexibility index (Phi) is 7.53. The molecule has 154 valence electrons. The van der Waals surface area contributed by atoms with Gasteiger partial charge in [-0.1, -0.05) is 48.5 Å². The number of nitrogens with one attached hydrogen (secondary N) is 2. The van der Waals surface area contributed by atoms with Crippen molar-refractivity contribution in [2.75, 3.05) is 0 Å². The lowest BCUT2D eigenvalue weighted by molar-refractivity contribution is -0.127. The van der Waals surface area contributed by atoms with Crippen molar-refractivity contribution in [3.8, 4) is 0 Å². The van der Waals surface area contributed by atoms with Crippen LogP contribution in [0, 0.1) is 0 Å². The maximum Gasteiger partial charge on any atom is 0.339 e. The molecule has 2 rings (SSSR count). The van der Waals surface area contributed by atoms with E-state index in [-0.39, 0.29) is 0 Å². The molecule has 3 amide bonds. The van der Waals surface area contributed by atoms with Gasteiger partial charge in [-0.3, -0.25) is 10.1 Å². The van der Waals surface area contributed by atoms with Crippen LogP contribution in [0.3, 0.4) is 0 Å². The summed E-state index contributed by atoms with van der Waals surface area (Å²) in [5.74, 6) is -1.27. The molecule has 1 unspecified atom stereocenters. The third kappa shape index (κ3) is 7.41. The number of amides is 3. The molecule has 2 aromatic rings. The fraction of sp³-hybridized carbons (Fsp3) is 0.348. The van der Waals surface area contributed by atoms with Gasteiger partial charge in [0.15, 0.2) is 6.10 Å². The summed E-state index contributed by atoms with van der Waals surface area (Å²) in [6, 6.07) is 16.5. The fourth-order valence-corrected chi connectivity index (χ4v) is 2.72. The molecule has 6 heteroatoms.